The lowest BCUT2D eigenvalue weighted by Crippen LogP contribution is -2.28. The third-order valence-corrected chi connectivity index (χ3v) is 8.27. The average molecular weight is 646 g/mol. The van der Waals surface area contributed by atoms with Gasteiger partial charge in [0.05, 0.1) is 0 Å². The van der Waals surface area contributed by atoms with E-state index in [0.29, 0.717) is 12.8 Å². The maximum absolute atomic E-state index is 12.6. The van der Waals surface area contributed by atoms with Gasteiger partial charge < -0.3 is 15.2 Å². The number of carboxylic acid groups (broad SMARTS) is 1. The van der Waals surface area contributed by atoms with Crippen molar-refractivity contribution in [2.45, 2.75) is 193 Å². The Morgan fingerprint density at radius 3 is 1.65 bits per heavy atom. The zero-order chi connectivity index (χ0) is 33.8. The van der Waals surface area contributed by atoms with E-state index in [4.69, 9.17) is 9.84 Å². The molecule has 0 saturated heterocycles. The van der Waals surface area contributed by atoms with Crippen LogP contribution in [0, 0.1) is 0 Å². The van der Waals surface area contributed by atoms with Gasteiger partial charge in [-0.15, -0.1) is 0 Å². The third-order valence-electron chi connectivity index (χ3n) is 8.27. The molecule has 0 aliphatic rings. The van der Waals surface area contributed by atoms with E-state index in [0.717, 1.165) is 70.6 Å². The molecule has 266 valence electrons. The van der Waals surface area contributed by atoms with Crippen LogP contribution in [0.25, 0.3) is 0 Å². The Balaban J connectivity index is 4.19. The molecule has 1 amide bonds. The SMILES string of the molecule is CCCCCC/C=C\C/C=C\CCCCCCCC(=O)OC(/C=C\CCCCCCCCC)CCCCCCC(=O)NCC(=O)O. The van der Waals surface area contributed by atoms with Crippen molar-refractivity contribution in [2.24, 2.45) is 0 Å². The highest BCUT2D eigenvalue weighted by Crippen LogP contribution is 2.15. The molecule has 0 aromatic heterocycles. The van der Waals surface area contributed by atoms with Crippen molar-refractivity contribution < 1.29 is 24.2 Å². The summed E-state index contributed by atoms with van der Waals surface area (Å²) in [5, 5.41) is 11.1. The first-order valence-corrected chi connectivity index (χ1v) is 19.1. The summed E-state index contributed by atoms with van der Waals surface area (Å²) in [6, 6.07) is 0. The van der Waals surface area contributed by atoms with E-state index in [1.165, 1.54) is 89.9 Å². The van der Waals surface area contributed by atoms with Crippen molar-refractivity contribution in [1.82, 2.24) is 5.32 Å². The summed E-state index contributed by atoms with van der Waals surface area (Å²) < 4.78 is 5.89. The van der Waals surface area contributed by atoms with Crippen LogP contribution in [0.2, 0.25) is 0 Å². The number of hydrogen-bond donors (Lipinski definition) is 2. The zero-order valence-electron chi connectivity index (χ0n) is 29.9. The minimum Gasteiger partial charge on any atom is -0.480 e. The van der Waals surface area contributed by atoms with E-state index in [-0.39, 0.29) is 24.5 Å². The molecule has 6 heteroatoms. The van der Waals surface area contributed by atoms with E-state index in [2.05, 4.69) is 55.6 Å². The lowest BCUT2D eigenvalue weighted by atomic mass is 10.1. The van der Waals surface area contributed by atoms with Gasteiger partial charge in [0, 0.05) is 12.8 Å². The molecule has 2 N–H and O–H groups in total. The molecule has 0 radical (unpaired) electrons. The van der Waals surface area contributed by atoms with Gasteiger partial charge in [-0.2, -0.15) is 0 Å². The lowest BCUT2D eigenvalue weighted by molar-refractivity contribution is -0.147. The Morgan fingerprint density at radius 1 is 0.587 bits per heavy atom. The smallest absolute Gasteiger partial charge is 0.322 e. The van der Waals surface area contributed by atoms with E-state index >= 15 is 0 Å². The summed E-state index contributed by atoms with van der Waals surface area (Å²) in [4.78, 5) is 34.9. The van der Waals surface area contributed by atoms with Crippen LogP contribution in [-0.4, -0.2) is 35.6 Å². The van der Waals surface area contributed by atoms with Gasteiger partial charge in [-0.3, -0.25) is 14.4 Å². The fraction of sp³-hybridized carbons (Fsp3) is 0.775. The Kier molecular flexibility index (Phi) is 33.7. The molecule has 1 atom stereocenters. The van der Waals surface area contributed by atoms with E-state index in [1.807, 2.05) is 0 Å². The number of ether oxygens (including phenoxy) is 1. The van der Waals surface area contributed by atoms with Gasteiger partial charge in [0.1, 0.15) is 12.6 Å². The first kappa shape index (κ1) is 43.6. The van der Waals surface area contributed by atoms with Gasteiger partial charge in [0.25, 0.3) is 0 Å². The van der Waals surface area contributed by atoms with Crippen molar-refractivity contribution in [2.75, 3.05) is 6.54 Å². The number of unbranched alkanes of at least 4 members (excludes halogenated alkanes) is 19. The number of hydrogen-bond acceptors (Lipinski definition) is 4. The second-order valence-electron chi connectivity index (χ2n) is 12.8. The van der Waals surface area contributed by atoms with Gasteiger partial charge >= 0.3 is 11.9 Å². The number of allylic oxidation sites excluding steroid dienone is 5. The van der Waals surface area contributed by atoms with Crippen LogP contribution in [-0.2, 0) is 19.1 Å². The fourth-order valence-corrected chi connectivity index (χ4v) is 5.39. The number of rotatable bonds is 34. The molecule has 0 bridgehead atoms. The fourth-order valence-electron chi connectivity index (χ4n) is 5.39. The Morgan fingerprint density at radius 2 is 1.07 bits per heavy atom. The van der Waals surface area contributed by atoms with Crippen molar-refractivity contribution in [3.8, 4) is 0 Å². The number of esters is 1. The Labute approximate surface area is 283 Å². The number of carbonyl (C=O) groups is 3. The average Bonchev–Trinajstić information content (AvgIpc) is 3.04. The highest BCUT2D eigenvalue weighted by atomic mass is 16.5. The number of amides is 1. The lowest BCUT2D eigenvalue weighted by Gasteiger charge is -2.15. The molecule has 0 spiro atoms. The van der Waals surface area contributed by atoms with Crippen LogP contribution in [0.4, 0.5) is 0 Å². The van der Waals surface area contributed by atoms with E-state index in [9.17, 15) is 14.4 Å². The third kappa shape index (κ3) is 34.5. The molecule has 6 nitrogen and oxygen atoms in total. The largest absolute Gasteiger partial charge is 0.480 e. The van der Waals surface area contributed by atoms with Crippen LogP contribution >= 0.6 is 0 Å². The molecule has 0 aromatic carbocycles. The monoisotopic (exact) mass is 646 g/mol. The van der Waals surface area contributed by atoms with Crippen molar-refractivity contribution in [3.63, 3.8) is 0 Å². The predicted octanol–water partition coefficient (Wildman–Crippen LogP) is 11.3. The van der Waals surface area contributed by atoms with Crippen molar-refractivity contribution in [3.05, 3.63) is 36.5 Å². The molecule has 46 heavy (non-hydrogen) atoms. The highest BCUT2D eigenvalue weighted by molar-refractivity contribution is 5.80. The number of aliphatic carboxylic acids is 1. The minimum absolute atomic E-state index is 0.0953. The van der Waals surface area contributed by atoms with Crippen molar-refractivity contribution >= 4 is 17.8 Å². The molecule has 0 rings (SSSR count). The molecular formula is C40H71NO5. The van der Waals surface area contributed by atoms with Gasteiger partial charge in [-0.05, 0) is 76.7 Å². The second-order valence-corrected chi connectivity index (χ2v) is 12.8. The normalized spacial score (nSPS) is 12.4. The van der Waals surface area contributed by atoms with Crippen LogP contribution in [0.5, 0.6) is 0 Å². The van der Waals surface area contributed by atoms with E-state index < -0.39 is 5.97 Å². The molecule has 0 aliphatic heterocycles. The molecular weight excluding hydrogens is 574 g/mol. The highest BCUT2D eigenvalue weighted by Gasteiger charge is 2.12. The topological polar surface area (TPSA) is 92.7 Å². The van der Waals surface area contributed by atoms with Gasteiger partial charge in [-0.25, -0.2) is 0 Å². The number of carboxylic acids is 1. The van der Waals surface area contributed by atoms with Crippen LogP contribution in [0.15, 0.2) is 36.5 Å². The number of nitrogens with one attached hydrogen (secondary N) is 1. The summed E-state index contributed by atoms with van der Waals surface area (Å²) >= 11 is 0. The van der Waals surface area contributed by atoms with Crippen LogP contribution < -0.4 is 5.32 Å². The number of carbonyl (C=O) groups excluding carboxylic acids is 2. The maximum Gasteiger partial charge on any atom is 0.322 e. The van der Waals surface area contributed by atoms with Crippen LogP contribution in [0.3, 0.4) is 0 Å². The van der Waals surface area contributed by atoms with Crippen LogP contribution in [0.1, 0.15) is 187 Å². The Bertz CT molecular complexity index is 803. The van der Waals surface area contributed by atoms with E-state index in [1.54, 1.807) is 0 Å². The second kappa shape index (κ2) is 35.5. The quantitative estimate of drug-likeness (QED) is 0.0412. The summed E-state index contributed by atoms with van der Waals surface area (Å²) in [6.45, 7) is 4.17. The molecule has 1 unspecified atom stereocenters. The molecule has 0 saturated carbocycles. The minimum atomic E-state index is -1.03. The Hall–Kier alpha value is -2.37. The summed E-state index contributed by atoms with van der Waals surface area (Å²) in [5.74, 6) is -1.34. The summed E-state index contributed by atoms with van der Waals surface area (Å²) in [5.41, 5.74) is 0. The molecule has 0 aromatic rings. The first-order valence-electron chi connectivity index (χ1n) is 19.1. The summed E-state index contributed by atoms with van der Waals surface area (Å²) in [6.07, 6.45) is 42.7. The molecule has 0 fully saturated rings. The van der Waals surface area contributed by atoms with Gasteiger partial charge in [0.15, 0.2) is 0 Å². The molecule has 0 aliphatic carbocycles. The van der Waals surface area contributed by atoms with Gasteiger partial charge in [0.2, 0.25) is 5.91 Å². The van der Waals surface area contributed by atoms with Crippen molar-refractivity contribution in [1.29, 1.82) is 0 Å². The van der Waals surface area contributed by atoms with Gasteiger partial charge in [-0.1, -0.05) is 134 Å². The maximum atomic E-state index is 12.6. The summed E-state index contributed by atoms with van der Waals surface area (Å²) in [7, 11) is 0. The first-order chi connectivity index (χ1) is 22.5. The zero-order valence-corrected chi connectivity index (χ0v) is 29.9. The molecule has 0 heterocycles. The standard InChI is InChI=1S/C40H71NO5/c1-3-5-7-9-11-13-14-15-16-17-18-19-21-23-25-31-35-40(45)46-37(32-28-24-22-20-12-10-8-6-4-2)33-29-26-27-30-34-38(42)41-36-39(43)44/h13-14,16-17,28,32,37H,3-12,15,18-27,29-31,33-36H2,1-2H3,(H,41,42)(H,43,44)/b14-13-,17-16-,32-28-. The predicted molar refractivity (Wildman–Crippen MR) is 194 cm³/mol.